The van der Waals surface area contributed by atoms with Crippen LogP contribution in [0.3, 0.4) is 0 Å². The second-order valence-electron chi connectivity index (χ2n) is 3.95. The fraction of sp³-hybridized carbons (Fsp3) is 0.154. The Morgan fingerprint density at radius 2 is 1.94 bits per heavy atom. The van der Waals surface area contributed by atoms with Crippen molar-refractivity contribution < 1.29 is 4.74 Å². The number of aryl methyl sites for hydroxylation is 1. The molecule has 1 aromatic carbocycles. The highest BCUT2D eigenvalue weighted by Crippen LogP contribution is 2.33. The molecule has 0 atom stereocenters. The zero-order valence-electron chi connectivity index (χ0n) is 9.54. The zero-order chi connectivity index (χ0) is 12.0. The third-order valence-corrected chi connectivity index (χ3v) is 4.08. The number of pyridine rings is 1. The van der Waals surface area contributed by atoms with Crippen LogP contribution in [0, 0.1) is 10.5 Å². The minimum Gasteiger partial charge on any atom is -0.496 e. The summed E-state index contributed by atoms with van der Waals surface area (Å²) < 4.78 is 6.45. The summed E-state index contributed by atoms with van der Waals surface area (Å²) >= 11 is 2.31. The van der Waals surface area contributed by atoms with Crippen molar-refractivity contribution in [1.29, 1.82) is 0 Å². The van der Waals surface area contributed by atoms with Crippen molar-refractivity contribution in [3.8, 4) is 5.75 Å². The van der Waals surface area contributed by atoms with Gasteiger partial charge in [0.05, 0.1) is 27.4 Å². The maximum atomic E-state index is 5.34. The van der Waals surface area contributed by atoms with Gasteiger partial charge in [-0.3, -0.25) is 4.98 Å². The van der Waals surface area contributed by atoms with E-state index in [1.54, 1.807) is 7.11 Å². The number of H-pyrrole nitrogens is 1. The SMILES string of the molecule is COc1ccc2c([nH]c3c(C)nccc32)c1I. The minimum atomic E-state index is 0.898. The van der Waals surface area contributed by atoms with Crippen LogP contribution in [0.4, 0.5) is 0 Å². The number of methoxy groups -OCH3 is 1. The highest BCUT2D eigenvalue weighted by molar-refractivity contribution is 14.1. The summed E-state index contributed by atoms with van der Waals surface area (Å²) in [5, 5.41) is 2.43. The average Bonchev–Trinajstić information content (AvgIpc) is 2.71. The van der Waals surface area contributed by atoms with Gasteiger partial charge in [0.2, 0.25) is 0 Å². The lowest BCUT2D eigenvalue weighted by Gasteiger charge is -2.03. The van der Waals surface area contributed by atoms with E-state index in [1.165, 1.54) is 10.8 Å². The van der Waals surface area contributed by atoms with E-state index in [2.05, 4.69) is 38.6 Å². The van der Waals surface area contributed by atoms with E-state index in [0.717, 1.165) is 26.0 Å². The summed E-state index contributed by atoms with van der Waals surface area (Å²) in [7, 11) is 1.69. The largest absolute Gasteiger partial charge is 0.496 e. The first-order chi connectivity index (χ1) is 8.22. The van der Waals surface area contributed by atoms with E-state index in [4.69, 9.17) is 4.74 Å². The molecule has 2 heterocycles. The first kappa shape index (κ1) is 10.8. The fourth-order valence-electron chi connectivity index (χ4n) is 2.13. The van der Waals surface area contributed by atoms with Gasteiger partial charge in [-0.15, -0.1) is 0 Å². The van der Waals surface area contributed by atoms with Crippen LogP contribution in [0.5, 0.6) is 5.75 Å². The molecule has 0 saturated carbocycles. The molecule has 17 heavy (non-hydrogen) atoms. The molecule has 1 N–H and O–H groups in total. The van der Waals surface area contributed by atoms with Crippen LogP contribution < -0.4 is 4.74 Å². The van der Waals surface area contributed by atoms with Crippen molar-refractivity contribution in [2.75, 3.05) is 7.11 Å². The normalized spacial score (nSPS) is 11.2. The molecular formula is C13H11IN2O. The van der Waals surface area contributed by atoms with Gasteiger partial charge in [-0.2, -0.15) is 0 Å². The van der Waals surface area contributed by atoms with Crippen molar-refractivity contribution in [3.63, 3.8) is 0 Å². The number of halogens is 1. The van der Waals surface area contributed by atoms with Crippen molar-refractivity contribution in [3.05, 3.63) is 33.7 Å². The molecule has 3 rings (SSSR count). The van der Waals surface area contributed by atoms with Gasteiger partial charge in [0.15, 0.2) is 0 Å². The standard InChI is InChI=1S/C13H11IN2O/c1-7-12-9(5-6-15-7)8-3-4-10(17-2)11(14)13(8)16-12/h3-6,16H,1-2H3. The Labute approximate surface area is 112 Å². The first-order valence-electron chi connectivity index (χ1n) is 5.32. The smallest absolute Gasteiger partial charge is 0.134 e. The third-order valence-electron chi connectivity index (χ3n) is 3.01. The number of fused-ring (bicyclic) bond motifs is 3. The van der Waals surface area contributed by atoms with Gasteiger partial charge in [0.25, 0.3) is 0 Å². The van der Waals surface area contributed by atoms with Crippen molar-refractivity contribution in [2.24, 2.45) is 0 Å². The topological polar surface area (TPSA) is 37.9 Å². The molecule has 4 heteroatoms. The predicted octanol–water partition coefficient (Wildman–Crippen LogP) is 3.64. The predicted molar refractivity (Wildman–Crippen MR) is 77.6 cm³/mol. The van der Waals surface area contributed by atoms with Crippen molar-refractivity contribution in [2.45, 2.75) is 6.92 Å². The molecule has 0 amide bonds. The monoisotopic (exact) mass is 338 g/mol. The molecule has 0 aliphatic rings. The Morgan fingerprint density at radius 1 is 1.18 bits per heavy atom. The quantitative estimate of drug-likeness (QED) is 0.688. The third kappa shape index (κ3) is 1.50. The number of hydrogen-bond donors (Lipinski definition) is 1. The average molecular weight is 338 g/mol. The van der Waals surface area contributed by atoms with E-state index in [9.17, 15) is 0 Å². The Kier molecular flexibility index (Phi) is 2.47. The number of benzene rings is 1. The Hall–Kier alpha value is -1.30. The molecule has 3 aromatic rings. The van der Waals surface area contributed by atoms with Crippen LogP contribution >= 0.6 is 22.6 Å². The summed E-state index contributed by atoms with van der Waals surface area (Å²) in [5.74, 6) is 0.898. The molecule has 0 unspecified atom stereocenters. The number of nitrogens with one attached hydrogen (secondary N) is 1. The lowest BCUT2D eigenvalue weighted by molar-refractivity contribution is 0.412. The molecule has 0 bridgehead atoms. The van der Waals surface area contributed by atoms with Crippen molar-refractivity contribution >= 4 is 44.4 Å². The van der Waals surface area contributed by atoms with E-state index >= 15 is 0 Å². The minimum absolute atomic E-state index is 0.898. The van der Waals surface area contributed by atoms with Gasteiger partial charge in [-0.05, 0) is 47.7 Å². The second kappa shape index (κ2) is 3.87. The van der Waals surface area contributed by atoms with E-state index in [1.807, 2.05) is 25.3 Å². The summed E-state index contributed by atoms with van der Waals surface area (Å²) in [4.78, 5) is 7.75. The molecule has 3 nitrogen and oxygen atoms in total. The maximum absolute atomic E-state index is 5.34. The van der Waals surface area contributed by atoms with Gasteiger partial charge in [-0.25, -0.2) is 0 Å². The van der Waals surface area contributed by atoms with Gasteiger partial charge in [0, 0.05) is 17.0 Å². The molecule has 0 aliphatic heterocycles. The lowest BCUT2D eigenvalue weighted by Crippen LogP contribution is -1.87. The second-order valence-corrected chi connectivity index (χ2v) is 5.03. The number of aromatic amines is 1. The maximum Gasteiger partial charge on any atom is 0.134 e. The van der Waals surface area contributed by atoms with Gasteiger partial charge < -0.3 is 9.72 Å². The highest BCUT2D eigenvalue weighted by atomic mass is 127. The van der Waals surface area contributed by atoms with E-state index in [0.29, 0.717) is 0 Å². The van der Waals surface area contributed by atoms with Crippen LogP contribution in [0.15, 0.2) is 24.4 Å². The summed E-state index contributed by atoms with van der Waals surface area (Å²) in [6.45, 7) is 2.02. The Morgan fingerprint density at radius 3 is 2.71 bits per heavy atom. The molecule has 0 radical (unpaired) electrons. The van der Waals surface area contributed by atoms with Gasteiger partial charge in [0.1, 0.15) is 5.75 Å². The molecule has 0 fully saturated rings. The number of ether oxygens (including phenoxy) is 1. The van der Waals surface area contributed by atoms with Crippen molar-refractivity contribution in [1.82, 2.24) is 9.97 Å². The summed E-state index contributed by atoms with van der Waals surface area (Å²) in [6.07, 6.45) is 1.85. The zero-order valence-corrected chi connectivity index (χ0v) is 11.7. The number of hydrogen-bond acceptors (Lipinski definition) is 2. The van der Waals surface area contributed by atoms with Gasteiger partial charge >= 0.3 is 0 Å². The number of nitrogens with zero attached hydrogens (tertiary/aromatic N) is 1. The summed E-state index contributed by atoms with van der Waals surface area (Å²) in [5.41, 5.74) is 3.25. The Balaban J connectivity index is 2.51. The molecule has 86 valence electrons. The number of rotatable bonds is 1. The molecule has 2 aromatic heterocycles. The van der Waals surface area contributed by atoms with Crippen LogP contribution in [0.2, 0.25) is 0 Å². The first-order valence-corrected chi connectivity index (χ1v) is 6.39. The van der Waals surface area contributed by atoms with E-state index < -0.39 is 0 Å². The van der Waals surface area contributed by atoms with Crippen LogP contribution in [-0.2, 0) is 0 Å². The highest BCUT2D eigenvalue weighted by Gasteiger charge is 2.11. The molecule has 0 aliphatic carbocycles. The fourth-order valence-corrected chi connectivity index (χ4v) is 2.96. The van der Waals surface area contributed by atoms with Gasteiger partial charge in [-0.1, -0.05) is 0 Å². The van der Waals surface area contributed by atoms with Crippen LogP contribution in [-0.4, -0.2) is 17.1 Å². The lowest BCUT2D eigenvalue weighted by atomic mass is 10.1. The van der Waals surface area contributed by atoms with E-state index in [-0.39, 0.29) is 0 Å². The summed E-state index contributed by atoms with van der Waals surface area (Å²) in [6, 6.07) is 6.14. The number of aromatic nitrogens is 2. The molecule has 0 spiro atoms. The molecular weight excluding hydrogens is 327 g/mol. The van der Waals surface area contributed by atoms with Crippen LogP contribution in [0.25, 0.3) is 21.8 Å². The Bertz CT molecular complexity index is 718. The van der Waals surface area contributed by atoms with Crippen LogP contribution in [0.1, 0.15) is 5.69 Å². The molecule has 0 saturated heterocycles.